The van der Waals surface area contributed by atoms with Crippen LogP contribution in [0.5, 0.6) is 5.88 Å². The Kier molecular flexibility index (Phi) is 3.87. The highest BCUT2D eigenvalue weighted by molar-refractivity contribution is 5.65. The fraction of sp³-hybridized carbons (Fsp3) is 0.118. The second kappa shape index (κ2) is 6.13. The van der Waals surface area contributed by atoms with Gasteiger partial charge in [0.1, 0.15) is 0 Å². The molecule has 0 aliphatic heterocycles. The summed E-state index contributed by atoms with van der Waals surface area (Å²) in [6, 6.07) is 19.6. The first kappa shape index (κ1) is 13.2. The summed E-state index contributed by atoms with van der Waals surface area (Å²) in [4.78, 5) is 4.51. The third-order valence-corrected chi connectivity index (χ3v) is 3.02. The highest BCUT2D eigenvalue weighted by atomic mass is 16.5. The molecule has 104 valence electrons. The van der Waals surface area contributed by atoms with E-state index in [4.69, 9.17) is 4.74 Å². The summed E-state index contributed by atoms with van der Waals surface area (Å²) in [6.45, 7) is 2.46. The van der Waals surface area contributed by atoms with E-state index in [0.29, 0.717) is 24.0 Å². The van der Waals surface area contributed by atoms with Gasteiger partial charge in [-0.15, -0.1) is 10.2 Å². The average molecular weight is 277 g/mol. The van der Waals surface area contributed by atoms with E-state index in [1.165, 1.54) is 0 Å². The Hall–Kier alpha value is -2.75. The fourth-order valence-corrected chi connectivity index (χ4v) is 2.04. The lowest BCUT2D eigenvalue weighted by molar-refractivity contribution is 0.326. The number of benzene rings is 2. The third kappa shape index (κ3) is 2.89. The van der Waals surface area contributed by atoms with Crippen molar-refractivity contribution in [3.8, 4) is 28.5 Å². The van der Waals surface area contributed by atoms with E-state index in [1.54, 1.807) is 0 Å². The van der Waals surface area contributed by atoms with Gasteiger partial charge >= 0.3 is 0 Å². The Morgan fingerprint density at radius 1 is 0.810 bits per heavy atom. The third-order valence-electron chi connectivity index (χ3n) is 3.02. The highest BCUT2D eigenvalue weighted by Crippen LogP contribution is 2.27. The molecular formula is C17H15N3O. The number of hydrogen-bond acceptors (Lipinski definition) is 4. The molecule has 21 heavy (non-hydrogen) atoms. The Labute approximate surface area is 123 Å². The molecule has 3 aromatic rings. The van der Waals surface area contributed by atoms with Gasteiger partial charge in [-0.25, -0.2) is 0 Å². The van der Waals surface area contributed by atoms with Gasteiger partial charge in [-0.3, -0.25) is 0 Å². The summed E-state index contributed by atoms with van der Waals surface area (Å²) in [7, 11) is 0. The van der Waals surface area contributed by atoms with Crippen LogP contribution in [-0.4, -0.2) is 21.8 Å². The summed E-state index contributed by atoms with van der Waals surface area (Å²) in [5.41, 5.74) is 2.53. The molecule has 0 bridgehead atoms. The van der Waals surface area contributed by atoms with Crippen LogP contribution in [0.2, 0.25) is 0 Å². The molecule has 0 radical (unpaired) electrons. The molecule has 0 unspecified atom stereocenters. The first-order valence-electron chi connectivity index (χ1n) is 6.87. The molecule has 0 spiro atoms. The Morgan fingerprint density at radius 2 is 1.43 bits per heavy atom. The van der Waals surface area contributed by atoms with Crippen molar-refractivity contribution in [2.45, 2.75) is 6.92 Å². The van der Waals surface area contributed by atoms with Gasteiger partial charge in [0.25, 0.3) is 0 Å². The smallest absolute Gasteiger partial charge is 0.244 e. The predicted octanol–water partition coefficient (Wildman–Crippen LogP) is 3.60. The monoisotopic (exact) mass is 277 g/mol. The summed E-state index contributed by atoms with van der Waals surface area (Å²) >= 11 is 0. The summed E-state index contributed by atoms with van der Waals surface area (Å²) in [6.07, 6.45) is 0. The maximum absolute atomic E-state index is 5.64. The zero-order valence-corrected chi connectivity index (χ0v) is 11.7. The Morgan fingerprint density at radius 3 is 2.05 bits per heavy atom. The first-order chi connectivity index (χ1) is 10.4. The van der Waals surface area contributed by atoms with Crippen molar-refractivity contribution in [2.75, 3.05) is 6.61 Å². The SMILES string of the molecule is CCOc1nc(-c2ccccc2)nnc1-c1ccccc1. The van der Waals surface area contributed by atoms with Gasteiger partial charge in [0.2, 0.25) is 5.88 Å². The highest BCUT2D eigenvalue weighted by Gasteiger charge is 2.13. The van der Waals surface area contributed by atoms with Crippen molar-refractivity contribution in [3.05, 3.63) is 60.7 Å². The lowest BCUT2D eigenvalue weighted by Crippen LogP contribution is -2.03. The van der Waals surface area contributed by atoms with Crippen LogP contribution in [0.1, 0.15) is 6.92 Å². The minimum Gasteiger partial charge on any atom is -0.476 e. The molecule has 2 aromatic carbocycles. The topological polar surface area (TPSA) is 47.9 Å². The molecule has 0 aliphatic carbocycles. The number of aromatic nitrogens is 3. The van der Waals surface area contributed by atoms with E-state index in [2.05, 4.69) is 15.2 Å². The van der Waals surface area contributed by atoms with Gasteiger partial charge in [-0.05, 0) is 6.92 Å². The van der Waals surface area contributed by atoms with Crippen LogP contribution in [0.3, 0.4) is 0 Å². The quantitative estimate of drug-likeness (QED) is 0.731. The van der Waals surface area contributed by atoms with Crippen LogP contribution in [0.25, 0.3) is 22.6 Å². The second-order valence-electron chi connectivity index (χ2n) is 4.45. The molecule has 0 aliphatic rings. The largest absolute Gasteiger partial charge is 0.476 e. The van der Waals surface area contributed by atoms with Crippen LogP contribution in [0.15, 0.2) is 60.7 Å². The molecule has 0 fully saturated rings. The molecule has 3 rings (SSSR count). The summed E-state index contributed by atoms with van der Waals surface area (Å²) in [5.74, 6) is 1.08. The zero-order chi connectivity index (χ0) is 14.5. The first-order valence-corrected chi connectivity index (χ1v) is 6.87. The summed E-state index contributed by atoms with van der Waals surface area (Å²) < 4.78 is 5.64. The van der Waals surface area contributed by atoms with Crippen molar-refractivity contribution >= 4 is 0 Å². The fourth-order valence-electron chi connectivity index (χ4n) is 2.04. The zero-order valence-electron chi connectivity index (χ0n) is 11.7. The molecule has 4 nitrogen and oxygen atoms in total. The van der Waals surface area contributed by atoms with Gasteiger partial charge in [-0.1, -0.05) is 60.7 Å². The predicted molar refractivity (Wildman–Crippen MR) is 81.9 cm³/mol. The lowest BCUT2D eigenvalue weighted by atomic mass is 10.1. The molecule has 1 aromatic heterocycles. The van der Waals surface area contributed by atoms with E-state index in [9.17, 15) is 0 Å². The molecule has 4 heteroatoms. The van der Waals surface area contributed by atoms with E-state index in [1.807, 2.05) is 67.6 Å². The van der Waals surface area contributed by atoms with Crippen molar-refractivity contribution in [1.82, 2.24) is 15.2 Å². The molecule has 0 saturated carbocycles. The standard InChI is InChI=1S/C17H15N3O/c1-2-21-17-15(13-9-5-3-6-10-13)19-20-16(18-17)14-11-7-4-8-12-14/h3-12H,2H2,1H3. The van der Waals surface area contributed by atoms with Crippen LogP contribution < -0.4 is 4.74 Å². The van der Waals surface area contributed by atoms with Gasteiger partial charge < -0.3 is 4.74 Å². The maximum atomic E-state index is 5.64. The van der Waals surface area contributed by atoms with Gasteiger partial charge in [0.05, 0.1) is 6.61 Å². The number of rotatable bonds is 4. The molecule has 0 atom stereocenters. The van der Waals surface area contributed by atoms with Crippen LogP contribution in [-0.2, 0) is 0 Å². The molecule has 1 heterocycles. The minimum atomic E-state index is 0.512. The van der Waals surface area contributed by atoms with Crippen molar-refractivity contribution in [1.29, 1.82) is 0 Å². The van der Waals surface area contributed by atoms with E-state index in [0.717, 1.165) is 11.1 Å². The Balaban J connectivity index is 2.07. The molecule has 0 amide bonds. The van der Waals surface area contributed by atoms with E-state index >= 15 is 0 Å². The van der Waals surface area contributed by atoms with Gasteiger partial charge in [0, 0.05) is 11.1 Å². The van der Waals surface area contributed by atoms with E-state index < -0.39 is 0 Å². The summed E-state index contributed by atoms with van der Waals surface area (Å²) in [5, 5.41) is 8.53. The lowest BCUT2D eigenvalue weighted by Gasteiger charge is -2.09. The molecular weight excluding hydrogens is 262 g/mol. The number of ether oxygens (including phenoxy) is 1. The molecule has 0 saturated heterocycles. The van der Waals surface area contributed by atoms with Crippen molar-refractivity contribution < 1.29 is 4.74 Å². The maximum Gasteiger partial charge on any atom is 0.244 e. The normalized spacial score (nSPS) is 10.3. The van der Waals surface area contributed by atoms with Crippen LogP contribution in [0.4, 0.5) is 0 Å². The van der Waals surface area contributed by atoms with E-state index in [-0.39, 0.29) is 0 Å². The average Bonchev–Trinajstić information content (AvgIpc) is 2.57. The van der Waals surface area contributed by atoms with Crippen LogP contribution in [0, 0.1) is 0 Å². The second-order valence-corrected chi connectivity index (χ2v) is 4.45. The number of hydrogen-bond donors (Lipinski definition) is 0. The van der Waals surface area contributed by atoms with Crippen molar-refractivity contribution in [3.63, 3.8) is 0 Å². The molecule has 0 N–H and O–H groups in total. The number of nitrogens with zero attached hydrogens (tertiary/aromatic N) is 3. The van der Waals surface area contributed by atoms with Gasteiger partial charge in [-0.2, -0.15) is 4.98 Å². The van der Waals surface area contributed by atoms with Crippen molar-refractivity contribution in [2.24, 2.45) is 0 Å². The van der Waals surface area contributed by atoms with Crippen LogP contribution >= 0.6 is 0 Å². The van der Waals surface area contributed by atoms with Gasteiger partial charge in [0.15, 0.2) is 11.5 Å². The minimum absolute atomic E-state index is 0.512. The Bertz CT molecular complexity index is 715.